The van der Waals surface area contributed by atoms with Gasteiger partial charge in [-0.1, -0.05) is 30.1 Å². The van der Waals surface area contributed by atoms with Gasteiger partial charge in [-0.25, -0.2) is 0 Å². The van der Waals surface area contributed by atoms with Gasteiger partial charge in [0.1, 0.15) is 4.33 Å². The van der Waals surface area contributed by atoms with Gasteiger partial charge >= 0.3 is 0 Å². The predicted molar refractivity (Wildman–Crippen MR) is 45.0 cm³/mol. The van der Waals surface area contributed by atoms with E-state index in [2.05, 4.69) is 0 Å². The van der Waals surface area contributed by atoms with E-state index in [9.17, 15) is 0 Å². The van der Waals surface area contributed by atoms with E-state index in [-0.39, 0.29) is 24.7 Å². The molecule has 0 amide bonds. The molecule has 66 valence electrons. The highest BCUT2D eigenvalue weighted by Gasteiger charge is 2.49. The molecule has 1 heterocycles. The summed E-state index contributed by atoms with van der Waals surface area (Å²) in [6.07, 6.45) is -0.432. The van der Waals surface area contributed by atoms with Crippen molar-refractivity contribution in [3.05, 3.63) is 0 Å². The van der Waals surface area contributed by atoms with Crippen molar-refractivity contribution in [2.24, 2.45) is 5.92 Å². The fourth-order valence-corrected chi connectivity index (χ4v) is 1.67. The van der Waals surface area contributed by atoms with Crippen LogP contribution < -0.4 is 0 Å². The molecule has 1 fully saturated rings. The minimum atomic E-state index is -0.854. The first-order chi connectivity index (χ1) is 5.00. The number of rotatable bonds is 1. The second-order valence-corrected chi connectivity index (χ2v) is 4.41. The van der Waals surface area contributed by atoms with Crippen LogP contribution in [0, 0.1) is 5.92 Å². The zero-order chi connectivity index (χ0) is 8.65. The summed E-state index contributed by atoms with van der Waals surface area (Å²) in [5, 5.41) is 8.84. The van der Waals surface area contributed by atoms with Crippen LogP contribution in [0.25, 0.3) is 0 Å². The van der Waals surface area contributed by atoms with Gasteiger partial charge in [-0.15, -0.1) is 0 Å². The van der Waals surface area contributed by atoms with Crippen molar-refractivity contribution in [3.63, 3.8) is 0 Å². The highest BCUT2D eigenvalue weighted by Crippen LogP contribution is 2.44. The summed E-state index contributed by atoms with van der Waals surface area (Å²) in [7, 11) is 0. The van der Waals surface area contributed by atoms with Gasteiger partial charge in [-0.3, -0.25) is 0 Å². The van der Waals surface area contributed by atoms with Crippen molar-refractivity contribution in [2.45, 2.75) is 30.4 Å². The molecule has 0 aromatic carbocycles. The van der Waals surface area contributed by atoms with Crippen LogP contribution in [0.5, 0.6) is 0 Å². The van der Waals surface area contributed by atoms with Gasteiger partial charge in [0.2, 0.25) is 0 Å². The van der Waals surface area contributed by atoms with Crippen LogP contribution in [0.1, 0.15) is 13.8 Å². The molecule has 0 saturated carbocycles. The molecule has 1 saturated heterocycles. The van der Waals surface area contributed by atoms with Crippen LogP contribution in [0.4, 0.5) is 0 Å². The Labute approximate surface area is 76.4 Å². The van der Waals surface area contributed by atoms with E-state index in [0.29, 0.717) is 0 Å². The van der Waals surface area contributed by atoms with Gasteiger partial charge in [0, 0.05) is 5.92 Å². The lowest BCUT2D eigenvalue weighted by atomic mass is 10.0. The third-order valence-electron chi connectivity index (χ3n) is 2.27. The largest absolute Gasteiger partial charge is 0.394 e. The first kappa shape index (κ1) is 9.59. The molecular weight excluding hydrogens is 187 g/mol. The Hall–Kier alpha value is 0.500. The topological polar surface area (TPSA) is 29.5 Å². The summed E-state index contributed by atoms with van der Waals surface area (Å²) in [6.45, 7) is 3.67. The molecule has 1 N–H and O–H groups in total. The number of alkyl halides is 2. The van der Waals surface area contributed by atoms with Crippen molar-refractivity contribution in [1.82, 2.24) is 0 Å². The van der Waals surface area contributed by atoms with E-state index in [1.807, 2.05) is 13.8 Å². The Morgan fingerprint density at radius 1 is 1.45 bits per heavy atom. The van der Waals surface area contributed by atoms with Crippen LogP contribution in [0.15, 0.2) is 0 Å². The molecule has 0 radical (unpaired) electrons. The number of halogens is 2. The highest BCUT2D eigenvalue weighted by molar-refractivity contribution is 6.49. The molecule has 0 unspecified atom stereocenters. The van der Waals surface area contributed by atoms with E-state index >= 15 is 0 Å². The summed E-state index contributed by atoms with van der Waals surface area (Å²) in [4.78, 5) is 0. The fraction of sp³-hybridized carbons (Fsp3) is 1.00. The standard InChI is InChI=1S/C7H12Cl2O2/c1-4-6(3-10)11-5(2)7(4,8)9/h4-6,10H,3H2,1-2H3/t4-,5+,6-/m1/s1. The van der Waals surface area contributed by atoms with Crippen LogP contribution in [0.2, 0.25) is 0 Å². The Kier molecular flexibility index (Phi) is 2.70. The van der Waals surface area contributed by atoms with Crippen LogP contribution in [-0.4, -0.2) is 28.3 Å². The Morgan fingerprint density at radius 2 is 2.00 bits per heavy atom. The van der Waals surface area contributed by atoms with E-state index in [0.717, 1.165) is 0 Å². The summed E-state index contributed by atoms with van der Waals surface area (Å²) in [5.74, 6) is -0.0224. The summed E-state index contributed by atoms with van der Waals surface area (Å²) >= 11 is 11.9. The lowest BCUT2D eigenvalue weighted by Gasteiger charge is -2.20. The monoisotopic (exact) mass is 198 g/mol. The summed E-state index contributed by atoms with van der Waals surface area (Å²) < 4.78 is 4.47. The average Bonchev–Trinajstić information content (AvgIpc) is 2.14. The quantitative estimate of drug-likeness (QED) is 0.649. The van der Waals surface area contributed by atoms with Gasteiger partial charge in [-0.2, -0.15) is 0 Å². The second kappa shape index (κ2) is 3.09. The van der Waals surface area contributed by atoms with Gasteiger partial charge in [0.05, 0.1) is 18.8 Å². The third kappa shape index (κ3) is 1.50. The predicted octanol–water partition coefficient (Wildman–Crippen LogP) is 1.58. The smallest absolute Gasteiger partial charge is 0.149 e. The molecule has 0 spiro atoms. The first-order valence-electron chi connectivity index (χ1n) is 3.64. The van der Waals surface area contributed by atoms with Crippen molar-refractivity contribution in [3.8, 4) is 0 Å². The zero-order valence-corrected chi connectivity index (χ0v) is 8.06. The average molecular weight is 199 g/mol. The summed E-state index contributed by atoms with van der Waals surface area (Å²) in [6, 6.07) is 0. The number of hydrogen-bond acceptors (Lipinski definition) is 2. The molecule has 2 nitrogen and oxygen atoms in total. The molecule has 0 aliphatic carbocycles. The SMILES string of the molecule is C[C@@H]1O[C@H](CO)[C@@H](C)C1(Cl)Cl. The molecule has 3 atom stereocenters. The minimum Gasteiger partial charge on any atom is -0.394 e. The second-order valence-electron chi connectivity index (χ2n) is 2.96. The lowest BCUT2D eigenvalue weighted by molar-refractivity contribution is 0.00844. The van der Waals surface area contributed by atoms with Gasteiger partial charge < -0.3 is 9.84 Å². The van der Waals surface area contributed by atoms with Gasteiger partial charge in [-0.05, 0) is 6.92 Å². The van der Waals surface area contributed by atoms with E-state index in [1.54, 1.807) is 0 Å². The molecule has 1 rings (SSSR count). The molecule has 0 aromatic rings. The zero-order valence-electron chi connectivity index (χ0n) is 6.55. The third-order valence-corrected chi connectivity index (χ3v) is 3.57. The molecule has 0 aromatic heterocycles. The van der Waals surface area contributed by atoms with Crippen molar-refractivity contribution in [2.75, 3.05) is 6.61 Å². The maximum absolute atomic E-state index is 8.84. The van der Waals surface area contributed by atoms with Crippen molar-refractivity contribution < 1.29 is 9.84 Å². The maximum atomic E-state index is 8.84. The number of hydrogen-bond donors (Lipinski definition) is 1. The molecule has 4 heteroatoms. The number of aliphatic hydroxyl groups excluding tert-OH is 1. The number of aliphatic hydroxyl groups is 1. The van der Waals surface area contributed by atoms with E-state index in [4.69, 9.17) is 33.0 Å². The number of ether oxygens (including phenoxy) is 1. The van der Waals surface area contributed by atoms with Crippen LogP contribution in [0.3, 0.4) is 0 Å². The van der Waals surface area contributed by atoms with E-state index < -0.39 is 4.33 Å². The Morgan fingerprint density at radius 3 is 2.18 bits per heavy atom. The molecule has 1 aliphatic heterocycles. The van der Waals surface area contributed by atoms with Crippen molar-refractivity contribution in [1.29, 1.82) is 0 Å². The molecule has 1 aliphatic rings. The first-order valence-corrected chi connectivity index (χ1v) is 4.40. The maximum Gasteiger partial charge on any atom is 0.149 e. The summed E-state index contributed by atoms with van der Waals surface area (Å²) in [5.41, 5.74) is 0. The normalized spacial score (nSPS) is 42.8. The lowest BCUT2D eigenvalue weighted by Crippen LogP contribution is -2.30. The fourth-order valence-electron chi connectivity index (χ4n) is 1.29. The minimum absolute atomic E-state index is 0.0211. The Bertz CT molecular complexity index is 149. The highest BCUT2D eigenvalue weighted by atomic mass is 35.5. The molecular formula is C7H12Cl2O2. The van der Waals surface area contributed by atoms with Gasteiger partial charge in [0.15, 0.2) is 0 Å². The van der Waals surface area contributed by atoms with Crippen LogP contribution >= 0.6 is 23.2 Å². The molecule has 11 heavy (non-hydrogen) atoms. The Balaban J connectivity index is 2.71. The van der Waals surface area contributed by atoms with Crippen molar-refractivity contribution >= 4 is 23.2 Å². The molecule has 0 bridgehead atoms. The van der Waals surface area contributed by atoms with Crippen LogP contribution in [-0.2, 0) is 4.74 Å². The van der Waals surface area contributed by atoms with Gasteiger partial charge in [0.25, 0.3) is 0 Å². The van der Waals surface area contributed by atoms with E-state index in [1.165, 1.54) is 0 Å².